The molecule has 0 radical (unpaired) electrons. The van der Waals surface area contributed by atoms with Crippen LogP contribution in [0.25, 0.3) is 21.6 Å². The highest BCUT2D eigenvalue weighted by molar-refractivity contribution is 7.94. The number of anilines is 1. The molecular weight excluding hydrogens is 549 g/mol. The Hall–Kier alpha value is -2.24. The Balaban J connectivity index is 1.39. The van der Waals surface area contributed by atoms with Crippen molar-refractivity contribution in [1.29, 1.82) is 0 Å². The van der Waals surface area contributed by atoms with E-state index in [1.54, 1.807) is 28.8 Å². The summed E-state index contributed by atoms with van der Waals surface area (Å²) < 4.78 is 34.6. The number of piperidine rings is 1. The minimum atomic E-state index is -3.73. The Morgan fingerprint density at radius 3 is 2.67 bits per heavy atom. The van der Waals surface area contributed by atoms with Gasteiger partial charge in [-0.1, -0.05) is 39.0 Å². The molecule has 4 aromatic rings. The number of hydrogen-bond donors (Lipinski definition) is 1. The number of likely N-dealkylation sites (tertiary alicyclic amines) is 1. The summed E-state index contributed by atoms with van der Waals surface area (Å²) in [7, 11) is -3.73. The van der Waals surface area contributed by atoms with Crippen LogP contribution in [0.5, 0.6) is 0 Å². The normalized spacial score (nSPS) is 15.8. The summed E-state index contributed by atoms with van der Waals surface area (Å²) in [6.45, 7) is 13.2. The lowest BCUT2D eigenvalue weighted by Gasteiger charge is -2.38. The number of hydrogen-bond acceptors (Lipinski definition) is 7. The maximum absolute atomic E-state index is 13.6. The lowest BCUT2D eigenvalue weighted by molar-refractivity contribution is 0.108. The molecule has 1 aliphatic heterocycles. The van der Waals surface area contributed by atoms with Crippen LogP contribution in [-0.2, 0) is 21.3 Å². The molecule has 5 rings (SSSR count). The zero-order chi connectivity index (χ0) is 27.6. The Morgan fingerprint density at radius 2 is 1.97 bits per heavy atom. The standard InChI is InChI=1S/C29H38N4O3S3/c1-5-36-16-15-33(39(34,35)26-10-7-17-37-26)25-9-6-8-21-18-24(31-27(21)25)28-30-19-23(38-28)20-32-13-11-22(12-14-32)29(2,3)4/h6-10,17-19,22,31H,5,11-16,20H2,1-4H3. The summed E-state index contributed by atoms with van der Waals surface area (Å²) in [4.78, 5) is 12.0. The van der Waals surface area contributed by atoms with Gasteiger partial charge in [0.05, 0.1) is 30.0 Å². The van der Waals surface area contributed by atoms with E-state index in [9.17, 15) is 8.42 Å². The van der Waals surface area contributed by atoms with Gasteiger partial charge in [-0.15, -0.1) is 22.7 Å². The lowest BCUT2D eigenvalue weighted by atomic mass is 9.75. The van der Waals surface area contributed by atoms with Crippen molar-refractivity contribution in [2.45, 2.75) is 51.3 Å². The van der Waals surface area contributed by atoms with E-state index < -0.39 is 10.0 Å². The van der Waals surface area contributed by atoms with E-state index >= 15 is 0 Å². The quantitative estimate of drug-likeness (QED) is 0.206. The second-order valence-electron chi connectivity index (χ2n) is 11.2. The van der Waals surface area contributed by atoms with Gasteiger partial charge in [-0.25, -0.2) is 13.4 Å². The average molecular weight is 587 g/mol. The number of thiazole rings is 1. The first kappa shape index (κ1) is 28.3. The lowest BCUT2D eigenvalue weighted by Crippen LogP contribution is -2.37. The van der Waals surface area contributed by atoms with Gasteiger partial charge in [-0.2, -0.15) is 0 Å². The number of nitrogens with zero attached hydrogens (tertiary/aromatic N) is 3. The van der Waals surface area contributed by atoms with Crippen molar-refractivity contribution in [1.82, 2.24) is 14.9 Å². The molecule has 0 unspecified atom stereocenters. The first-order valence-corrected chi connectivity index (χ1v) is 16.7. The Kier molecular flexibility index (Phi) is 8.49. The van der Waals surface area contributed by atoms with Gasteiger partial charge in [0, 0.05) is 29.6 Å². The third kappa shape index (κ3) is 6.25. The molecule has 0 bridgehead atoms. The topological polar surface area (TPSA) is 78.5 Å². The van der Waals surface area contributed by atoms with Crippen LogP contribution in [-0.4, -0.2) is 56.1 Å². The van der Waals surface area contributed by atoms with Crippen molar-refractivity contribution in [3.8, 4) is 10.7 Å². The van der Waals surface area contributed by atoms with E-state index in [1.807, 2.05) is 31.3 Å². The predicted octanol–water partition coefficient (Wildman–Crippen LogP) is 6.84. The number of sulfonamides is 1. The number of aromatic amines is 1. The largest absolute Gasteiger partial charge is 0.380 e. The van der Waals surface area contributed by atoms with Crippen molar-refractivity contribution in [2.24, 2.45) is 11.3 Å². The van der Waals surface area contributed by atoms with Crippen molar-refractivity contribution < 1.29 is 13.2 Å². The van der Waals surface area contributed by atoms with Gasteiger partial charge in [0.1, 0.15) is 9.22 Å². The molecule has 39 heavy (non-hydrogen) atoms. The zero-order valence-corrected chi connectivity index (χ0v) is 25.6. The maximum Gasteiger partial charge on any atom is 0.273 e. The number of nitrogens with one attached hydrogen (secondary N) is 1. The van der Waals surface area contributed by atoms with Crippen molar-refractivity contribution >= 4 is 49.3 Å². The number of fused-ring (bicyclic) bond motifs is 1. The van der Waals surface area contributed by atoms with Crippen LogP contribution < -0.4 is 4.31 Å². The van der Waals surface area contributed by atoms with E-state index in [4.69, 9.17) is 9.72 Å². The summed E-state index contributed by atoms with van der Waals surface area (Å²) in [6.07, 6.45) is 4.47. The molecule has 0 amide bonds. The molecule has 10 heteroatoms. The van der Waals surface area contributed by atoms with Gasteiger partial charge in [0.2, 0.25) is 0 Å². The van der Waals surface area contributed by atoms with Gasteiger partial charge in [0.25, 0.3) is 10.0 Å². The number of aromatic nitrogens is 2. The van der Waals surface area contributed by atoms with E-state index in [1.165, 1.54) is 33.4 Å². The summed E-state index contributed by atoms with van der Waals surface area (Å²) >= 11 is 2.93. The Morgan fingerprint density at radius 1 is 1.18 bits per heavy atom. The molecule has 1 aromatic carbocycles. The van der Waals surface area contributed by atoms with Gasteiger partial charge >= 0.3 is 0 Å². The van der Waals surface area contributed by atoms with Gasteiger partial charge in [0.15, 0.2) is 0 Å². The molecular formula is C29H38N4O3S3. The molecule has 0 aliphatic carbocycles. The monoisotopic (exact) mass is 586 g/mol. The number of benzene rings is 1. The highest BCUT2D eigenvalue weighted by atomic mass is 32.2. The molecule has 1 fully saturated rings. The molecule has 0 atom stereocenters. The second-order valence-corrected chi connectivity index (χ2v) is 15.3. The van der Waals surface area contributed by atoms with E-state index in [0.717, 1.165) is 47.2 Å². The molecule has 0 saturated carbocycles. The first-order chi connectivity index (χ1) is 18.7. The third-order valence-corrected chi connectivity index (χ3v) is 11.8. The minimum Gasteiger partial charge on any atom is -0.380 e. The molecule has 0 spiro atoms. The van der Waals surface area contributed by atoms with Crippen molar-refractivity contribution in [3.05, 3.63) is 52.9 Å². The summed E-state index contributed by atoms with van der Waals surface area (Å²) in [5, 5.41) is 3.65. The Bertz CT molecular complexity index is 1480. The van der Waals surface area contributed by atoms with E-state index in [-0.39, 0.29) is 6.54 Å². The molecule has 1 N–H and O–H groups in total. The molecule has 210 valence electrons. The van der Waals surface area contributed by atoms with Crippen LogP contribution in [0.2, 0.25) is 0 Å². The highest BCUT2D eigenvalue weighted by Gasteiger charge is 2.30. The fraction of sp³-hybridized carbons (Fsp3) is 0.483. The number of rotatable bonds is 10. The molecule has 7 nitrogen and oxygen atoms in total. The van der Waals surface area contributed by atoms with Crippen LogP contribution in [0, 0.1) is 11.3 Å². The maximum atomic E-state index is 13.6. The second kappa shape index (κ2) is 11.7. The van der Waals surface area contributed by atoms with E-state index in [2.05, 4.69) is 36.7 Å². The van der Waals surface area contributed by atoms with Crippen molar-refractivity contribution in [3.63, 3.8) is 0 Å². The minimum absolute atomic E-state index is 0.231. The predicted molar refractivity (Wildman–Crippen MR) is 162 cm³/mol. The first-order valence-electron chi connectivity index (χ1n) is 13.6. The summed E-state index contributed by atoms with van der Waals surface area (Å²) in [6, 6.07) is 11.2. The number of ether oxygens (including phenoxy) is 1. The summed E-state index contributed by atoms with van der Waals surface area (Å²) in [5.74, 6) is 0.781. The molecule has 1 aliphatic rings. The number of H-pyrrole nitrogens is 1. The molecule has 3 aromatic heterocycles. The third-order valence-electron chi connectivity index (χ3n) is 7.56. The fourth-order valence-electron chi connectivity index (χ4n) is 5.33. The fourth-order valence-corrected chi connectivity index (χ4v) is 8.82. The number of thiophene rings is 1. The van der Waals surface area contributed by atoms with Crippen molar-refractivity contribution in [2.75, 3.05) is 37.2 Å². The van der Waals surface area contributed by atoms with Gasteiger partial charge in [-0.3, -0.25) is 9.21 Å². The Labute approximate surface area is 239 Å². The van der Waals surface area contributed by atoms with E-state index in [0.29, 0.717) is 28.5 Å². The van der Waals surface area contributed by atoms with Crippen LogP contribution in [0.3, 0.4) is 0 Å². The molecule has 4 heterocycles. The number of para-hydroxylation sites is 1. The average Bonchev–Trinajstić information content (AvgIpc) is 3.67. The van der Waals surface area contributed by atoms with Crippen LogP contribution in [0.1, 0.15) is 45.4 Å². The van der Waals surface area contributed by atoms with Crippen LogP contribution >= 0.6 is 22.7 Å². The van der Waals surface area contributed by atoms with Crippen LogP contribution in [0.15, 0.2) is 52.2 Å². The SMILES string of the molecule is CCOCCN(c1cccc2cc(-c3ncc(CN4CCC(C(C)(C)C)CC4)s3)[nH]c12)S(=O)(=O)c1cccs1. The van der Waals surface area contributed by atoms with Crippen LogP contribution in [0.4, 0.5) is 5.69 Å². The highest BCUT2D eigenvalue weighted by Crippen LogP contribution is 2.37. The smallest absolute Gasteiger partial charge is 0.273 e. The summed E-state index contributed by atoms with van der Waals surface area (Å²) in [5.41, 5.74) is 2.67. The molecule has 1 saturated heterocycles. The zero-order valence-electron chi connectivity index (χ0n) is 23.1. The van der Waals surface area contributed by atoms with Gasteiger partial charge < -0.3 is 9.72 Å². The van der Waals surface area contributed by atoms with Gasteiger partial charge in [-0.05, 0) is 67.8 Å².